The Morgan fingerprint density at radius 3 is 2.57 bits per heavy atom. The topological polar surface area (TPSA) is 90.5 Å². The third-order valence-corrected chi connectivity index (χ3v) is 3.90. The monoisotopic (exact) mass is 394 g/mol. The molecule has 1 amide bonds. The van der Waals surface area contributed by atoms with Crippen LogP contribution in [0.4, 0.5) is 18.9 Å². The molecule has 28 heavy (non-hydrogen) atoms. The van der Waals surface area contributed by atoms with Crippen LogP contribution < -0.4 is 11.1 Å². The van der Waals surface area contributed by atoms with Gasteiger partial charge in [0, 0.05) is 0 Å². The number of carbonyl (C=O) groups is 2. The summed E-state index contributed by atoms with van der Waals surface area (Å²) in [6, 6.07) is 8.52. The van der Waals surface area contributed by atoms with Crippen molar-refractivity contribution in [2.75, 3.05) is 12.4 Å². The smallest absolute Gasteiger partial charge is 0.420 e. The van der Waals surface area contributed by atoms with Gasteiger partial charge >= 0.3 is 17.9 Å². The number of fused-ring (bicyclic) bond motifs is 1. The van der Waals surface area contributed by atoms with Crippen LogP contribution in [0.25, 0.3) is 11.1 Å². The summed E-state index contributed by atoms with van der Waals surface area (Å²) in [6.45, 7) is -0.574. The Bertz CT molecular complexity index is 1110. The molecule has 10 heteroatoms. The molecule has 0 aliphatic carbocycles. The van der Waals surface area contributed by atoms with E-state index in [0.29, 0.717) is 0 Å². The summed E-state index contributed by atoms with van der Waals surface area (Å²) >= 11 is 0. The van der Waals surface area contributed by atoms with Crippen LogP contribution in [0.2, 0.25) is 0 Å². The van der Waals surface area contributed by atoms with Crippen molar-refractivity contribution in [2.24, 2.45) is 0 Å². The van der Waals surface area contributed by atoms with E-state index in [-0.39, 0.29) is 16.7 Å². The zero-order chi connectivity index (χ0) is 20.5. The number of para-hydroxylation sites is 1. The summed E-state index contributed by atoms with van der Waals surface area (Å²) in [5.41, 5.74) is -1.04. The number of esters is 1. The maximum atomic E-state index is 13.0. The number of nitrogens with one attached hydrogen (secondary N) is 1. The van der Waals surface area contributed by atoms with Gasteiger partial charge in [0.15, 0.2) is 5.58 Å². The SMILES string of the molecule is COC(=O)c1ccc2c(c1)oc(=O)n2CC(=O)Nc1ccccc1C(F)(F)F. The molecule has 1 N–H and O–H groups in total. The molecule has 0 fully saturated rings. The molecule has 3 aromatic rings. The second kappa shape index (κ2) is 7.22. The Morgan fingerprint density at radius 2 is 1.89 bits per heavy atom. The first-order chi connectivity index (χ1) is 13.2. The van der Waals surface area contributed by atoms with E-state index in [2.05, 4.69) is 10.1 Å². The number of halogens is 3. The third-order valence-electron chi connectivity index (χ3n) is 3.90. The number of nitrogens with zero attached hydrogens (tertiary/aromatic N) is 1. The van der Waals surface area contributed by atoms with Crippen molar-refractivity contribution in [3.05, 3.63) is 64.1 Å². The zero-order valence-electron chi connectivity index (χ0n) is 14.4. The lowest BCUT2D eigenvalue weighted by Gasteiger charge is -2.13. The summed E-state index contributed by atoms with van der Waals surface area (Å²) < 4.78 is 49.6. The fraction of sp³-hybridized carbons (Fsp3) is 0.167. The lowest BCUT2D eigenvalue weighted by Crippen LogP contribution is -2.25. The first-order valence-electron chi connectivity index (χ1n) is 7.88. The van der Waals surface area contributed by atoms with Gasteiger partial charge in [-0.1, -0.05) is 12.1 Å². The number of methoxy groups -OCH3 is 1. The number of amides is 1. The van der Waals surface area contributed by atoms with Crippen LogP contribution in [0.15, 0.2) is 51.7 Å². The molecule has 0 saturated carbocycles. The van der Waals surface area contributed by atoms with Gasteiger partial charge in [-0.05, 0) is 30.3 Å². The summed E-state index contributed by atoms with van der Waals surface area (Å²) in [5, 5.41) is 2.15. The highest BCUT2D eigenvalue weighted by Crippen LogP contribution is 2.34. The van der Waals surface area contributed by atoms with Crippen LogP contribution in [0.5, 0.6) is 0 Å². The summed E-state index contributed by atoms with van der Waals surface area (Å²) in [6.07, 6.45) is -4.65. The molecule has 1 aromatic heterocycles. The maximum absolute atomic E-state index is 13.0. The van der Waals surface area contributed by atoms with Crippen molar-refractivity contribution < 1.29 is 31.9 Å². The van der Waals surface area contributed by atoms with Gasteiger partial charge in [0.25, 0.3) is 0 Å². The number of ether oxygens (including phenoxy) is 1. The minimum Gasteiger partial charge on any atom is -0.465 e. The minimum absolute atomic E-state index is 0.0383. The molecule has 0 aliphatic rings. The lowest BCUT2D eigenvalue weighted by molar-refractivity contribution is -0.137. The highest BCUT2D eigenvalue weighted by molar-refractivity contribution is 5.94. The van der Waals surface area contributed by atoms with Crippen LogP contribution in [-0.2, 0) is 22.3 Å². The molecule has 0 radical (unpaired) electrons. The Kier molecular flexibility index (Phi) is 4.95. The summed E-state index contributed by atoms with van der Waals surface area (Å²) in [7, 11) is 1.19. The second-order valence-corrected chi connectivity index (χ2v) is 5.72. The Balaban J connectivity index is 1.88. The average molecular weight is 394 g/mol. The number of alkyl halides is 3. The van der Waals surface area contributed by atoms with E-state index in [1.165, 1.54) is 37.4 Å². The fourth-order valence-corrected chi connectivity index (χ4v) is 2.63. The number of anilines is 1. The number of oxazole rings is 1. The number of aromatic nitrogens is 1. The van der Waals surface area contributed by atoms with Crippen molar-refractivity contribution in [3.63, 3.8) is 0 Å². The second-order valence-electron chi connectivity index (χ2n) is 5.72. The maximum Gasteiger partial charge on any atom is 0.420 e. The van der Waals surface area contributed by atoms with E-state index in [0.717, 1.165) is 16.7 Å². The van der Waals surface area contributed by atoms with Crippen molar-refractivity contribution in [2.45, 2.75) is 12.7 Å². The van der Waals surface area contributed by atoms with Crippen molar-refractivity contribution in [1.29, 1.82) is 0 Å². The number of hydrogen-bond acceptors (Lipinski definition) is 5. The van der Waals surface area contributed by atoms with Crippen LogP contribution in [0, 0.1) is 0 Å². The molecule has 0 atom stereocenters. The van der Waals surface area contributed by atoms with E-state index in [4.69, 9.17) is 4.42 Å². The lowest BCUT2D eigenvalue weighted by atomic mass is 10.1. The highest BCUT2D eigenvalue weighted by Gasteiger charge is 2.33. The summed E-state index contributed by atoms with van der Waals surface area (Å²) in [4.78, 5) is 35.8. The molecule has 7 nitrogen and oxygen atoms in total. The van der Waals surface area contributed by atoms with Gasteiger partial charge in [0.1, 0.15) is 6.54 Å². The molecule has 0 saturated heterocycles. The van der Waals surface area contributed by atoms with E-state index in [1.807, 2.05) is 0 Å². The van der Waals surface area contributed by atoms with E-state index in [9.17, 15) is 27.6 Å². The largest absolute Gasteiger partial charge is 0.465 e. The van der Waals surface area contributed by atoms with Gasteiger partial charge in [0.2, 0.25) is 5.91 Å². The van der Waals surface area contributed by atoms with Crippen LogP contribution in [0.1, 0.15) is 15.9 Å². The fourth-order valence-electron chi connectivity index (χ4n) is 2.63. The van der Waals surface area contributed by atoms with Gasteiger partial charge < -0.3 is 14.5 Å². The van der Waals surface area contributed by atoms with Crippen LogP contribution in [0.3, 0.4) is 0 Å². The van der Waals surface area contributed by atoms with Crippen molar-refractivity contribution in [3.8, 4) is 0 Å². The molecular formula is C18H13F3N2O5. The Labute approximate surface area is 155 Å². The average Bonchev–Trinajstić information content (AvgIpc) is 2.95. The van der Waals surface area contributed by atoms with Gasteiger partial charge in [-0.2, -0.15) is 13.2 Å². The van der Waals surface area contributed by atoms with Crippen LogP contribution in [-0.4, -0.2) is 23.6 Å². The standard InChI is InChI=1S/C18H13F3N2O5/c1-27-16(25)10-6-7-13-14(8-10)28-17(26)23(13)9-15(24)22-12-5-3-2-4-11(12)18(19,20)21/h2-8H,9H2,1H3,(H,22,24). The Hall–Kier alpha value is -3.56. The van der Waals surface area contributed by atoms with Gasteiger partial charge in [-0.3, -0.25) is 9.36 Å². The molecular weight excluding hydrogens is 381 g/mol. The first kappa shape index (κ1) is 19.2. The minimum atomic E-state index is -4.65. The number of benzene rings is 2. The van der Waals surface area contributed by atoms with E-state index in [1.54, 1.807) is 0 Å². The molecule has 1 heterocycles. The number of rotatable bonds is 4. The molecule has 3 rings (SSSR count). The normalized spacial score (nSPS) is 11.4. The zero-order valence-corrected chi connectivity index (χ0v) is 14.4. The quantitative estimate of drug-likeness (QED) is 0.687. The van der Waals surface area contributed by atoms with E-state index >= 15 is 0 Å². The molecule has 146 valence electrons. The number of hydrogen-bond donors (Lipinski definition) is 1. The van der Waals surface area contributed by atoms with Crippen molar-refractivity contribution in [1.82, 2.24) is 4.57 Å². The first-order valence-corrected chi connectivity index (χ1v) is 7.88. The highest BCUT2D eigenvalue weighted by atomic mass is 19.4. The molecule has 0 bridgehead atoms. The molecule has 0 spiro atoms. The third kappa shape index (κ3) is 3.75. The van der Waals surface area contributed by atoms with Gasteiger partial charge in [-0.15, -0.1) is 0 Å². The van der Waals surface area contributed by atoms with E-state index < -0.39 is 41.6 Å². The molecule has 0 aliphatic heterocycles. The summed E-state index contributed by atoms with van der Waals surface area (Å²) in [5.74, 6) is -2.38. The Morgan fingerprint density at radius 1 is 1.18 bits per heavy atom. The predicted octanol–water partition coefficient (Wildman–Crippen LogP) is 3.04. The molecule has 2 aromatic carbocycles. The molecule has 0 unspecified atom stereocenters. The van der Waals surface area contributed by atoms with Crippen molar-refractivity contribution >= 4 is 28.7 Å². The van der Waals surface area contributed by atoms with Gasteiger partial charge in [0.05, 0.1) is 29.4 Å². The van der Waals surface area contributed by atoms with Crippen LogP contribution >= 0.6 is 0 Å². The number of carbonyl (C=O) groups excluding carboxylic acids is 2. The van der Waals surface area contributed by atoms with Gasteiger partial charge in [-0.25, -0.2) is 9.59 Å². The predicted molar refractivity (Wildman–Crippen MR) is 91.9 cm³/mol.